The molecule has 9 heteroatoms. The molecule has 0 aliphatic heterocycles. The van der Waals surface area contributed by atoms with Crippen LogP contribution in [0.15, 0.2) is 29.3 Å². The van der Waals surface area contributed by atoms with Crippen LogP contribution in [0.5, 0.6) is 5.75 Å². The molecule has 0 aliphatic rings. The third-order valence-electron chi connectivity index (χ3n) is 2.57. The van der Waals surface area contributed by atoms with Crippen molar-refractivity contribution in [1.29, 1.82) is 0 Å². The highest BCUT2D eigenvalue weighted by molar-refractivity contribution is 7.92. The average molecular weight is 331 g/mol. The summed E-state index contributed by atoms with van der Waals surface area (Å²) < 4.78 is 32.0. The summed E-state index contributed by atoms with van der Waals surface area (Å²) in [7, 11) is -3.82. The summed E-state index contributed by atoms with van der Waals surface area (Å²) in [5, 5.41) is 6.27. The Kier molecular flexibility index (Phi) is 4.59. The molecule has 114 valence electrons. The van der Waals surface area contributed by atoms with Crippen molar-refractivity contribution in [3.8, 4) is 5.75 Å². The highest BCUT2D eigenvalue weighted by Gasteiger charge is 2.19. The first-order chi connectivity index (χ1) is 9.94. The molecule has 0 aliphatic carbocycles. The molecule has 0 fully saturated rings. The van der Waals surface area contributed by atoms with Crippen LogP contribution in [-0.4, -0.2) is 25.2 Å². The minimum atomic E-state index is -3.82. The van der Waals surface area contributed by atoms with Crippen LogP contribution in [0, 0.1) is 0 Å². The van der Waals surface area contributed by atoms with E-state index in [1.807, 2.05) is 6.92 Å². The second-order valence-corrected chi connectivity index (χ2v) is 6.31. The van der Waals surface area contributed by atoms with E-state index in [0.29, 0.717) is 23.1 Å². The molecule has 1 aromatic heterocycles. The van der Waals surface area contributed by atoms with E-state index in [2.05, 4.69) is 14.9 Å². The summed E-state index contributed by atoms with van der Waals surface area (Å²) in [5.41, 5.74) is 5.82. The van der Waals surface area contributed by atoms with Gasteiger partial charge in [-0.3, -0.25) is 9.82 Å². The maximum Gasteiger partial charge on any atom is 0.267 e. The Labute approximate surface area is 127 Å². The lowest BCUT2D eigenvalue weighted by atomic mass is 10.3. The highest BCUT2D eigenvalue weighted by Crippen LogP contribution is 2.29. The topological polar surface area (TPSA) is 110 Å². The zero-order chi connectivity index (χ0) is 15.5. The molecular weight excluding hydrogens is 316 g/mol. The second-order valence-electron chi connectivity index (χ2n) is 4.25. The Hall–Kier alpha value is -1.93. The van der Waals surface area contributed by atoms with Gasteiger partial charge in [-0.05, 0) is 24.6 Å². The minimum absolute atomic E-state index is 0.0310. The lowest BCUT2D eigenvalue weighted by molar-refractivity contribution is 0.317. The van der Waals surface area contributed by atoms with Gasteiger partial charge in [0.1, 0.15) is 16.5 Å². The van der Waals surface area contributed by atoms with Gasteiger partial charge in [0.25, 0.3) is 10.0 Å². The lowest BCUT2D eigenvalue weighted by Gasteiger charge is -2.10. The molecule has 7 nitrogen and oxygen atoms in total. The average Bonchev–Trinajstić information content (AvgIpc) is 2.84. The molecule has 21 heavy (non-hydrogen) atoms. The van der Waals surface area contributed by atoms with Crippen LogP contribution < -0.4 is 15.2 Å². The summed E-state index contributed by atoms with van der Waals surface area (Å²) in [4.78, 5) is -0.120. The SMILES string of the molecule is CCCOc1ccc(NS(=O)(=O)c2cn[nH]c2N)cc1Cl. The van der Waals surface area contributed by atoms with Gasteiger partial charge in [0, 0.05) is 0 Å². The molecule has 1 heterocycles. The number of sulfonamides is 1. The minimum Gasteiger partial charge on any atom is -0.492 e. The van der Waals surface area contributed by atoms with Crippen molar-refractivity contribution in [3.05, 3.63) is 29.4 Å². The largest absolute Gasteiger partial charge is 0.492 e. The van der Waals surface area contributed by atoms with Gasteiger partial charge in [0.2, 0.25) is 0 Å². The van der Waals surface area contributed by atoms with E-state index < -0.39 is 10.0 Å². The maximum atomic E-state index is 12.1. The molecule has 2 aromatic rings. The molecule has 0 spiro atoms. The number of hydrogen-bond acceptors (Lipinski definition) is 5. The fourth-order valence-corrected chi connectivity index (χ4v) is 2.91. The lowest BCUT2D eigenvalue weighted by Crippen LogP contribution is -2.14. The van der Waals surface area contributed by atoms with Crippen LogP contribution in [0.3, 0.4) is 0 Å². The Morgan fingerprint density at radius 3 is 2.81 bits per heavy atom. The van der Waals surface area contributed by atoms with E-state index >= 15 is 0 Å². The van der Waals surface area contributed by atoms with Gasteiger partial charge in [-0.25, -0.2) is 8.42 Å². The number of rotatable bonds is 6. The number of halogens is 1. The Morgan fingerprint density at radius 2 is 2.24 bits per heavy atom. The predicted molar refractivity (Wildman–Crippen MR) is 81.0 cm³/mol. The Morgan fingerprint density at radius 1 is 1.48 bits per heavy atom. The molecule has 0 unspecified atom stereocenters. The third kappa shape index (κ3) is 3.59. The number of H-pyrrole nitrogens is 1. The van der Waals surface area contributed by atoms with Gasteiger partial charge >= 0.3 is 0 Å². The van der Waals surface area contributed by atoms with Crippen molar-refractivity contribution in [2.75, 3.05) is 17.1 Å². The van der Waals surface area contributed by atoms with Crippen molar-refractivity contribution < 1.29 is 13.2 Å². The fourth-order valence-electron chi connectivity index (χ4n) is 1.60. The molecule has 0 saturated carbocycles. The molecule has 0 bridgehead atoms. The first-order valence-corrected chi connectivity index (χ1v) is 8.04. The number of aromatic amines is 1. The van der Waals surface area contributed by atoms with E-state index in [-0.39, 0.29) is 10.7 Å². The number of ether oxygens (including phenoxy) is 1. The normalized spacial score (nSPS) is 11.3. The summed E-state index contributed by atoms with van der Waals surface area (Å²) in [6.45, 7) is 2.52. The smallest absolute Gasteiger partial charge is 0.267 e. The Balaban J connectivity index is 2.20. The first-order valence-electron chi connectivity index (χ1n) is 6.18. The number of nitrogens with one attached hydrogen (secondary N) is 2. The van der Waals surface area contributed by atoms with Crippen LogP contribution >= 0.6 is 11.6 Å². The highest BCUT2D eigenvalue weighted by atomic mass is 35.5. The van der Waals surface area contributed by atoms with Crippen LogP contribution in [-0.2, 0) is 10.0 Å². The van der Waals surface area contributed by atoms with Crippen LogP contribution in [0.25, 0.3) is 0 Å². The monoisotopic (exact) mass is 330 g/mol. The Bertz CT molecular complexity index is 730. The molecular formula is C12H15ClN4O3S. The fraction of sp³-hybridized carbons (Fsp3) is 0.250. The standard InChI is InChI=1S/C12H15ClN4O3S/c1-2-5-20-10-4-3-8(6-9(10)13)17-21(18,19)11-7-15-16-12(11)14/h3-4,6-7,17H,2,5H2,1H3,(H3,14,15,16). The first kappa shape index (κ1) is 15.5. The van der Waals surface area contributed by atoms with Gasteiger partial charge in [0.15, 0.2) is 0 Å². The number of nitrogen functional groups attached to an aromatic ring is 1. The molecule has 0 amide bonds. The van der Waals surface area contributed by atoms with Crippen molar-refractivity contribution in [1.82, 2.24) is 10.2 Å². The number of anilines is 2. The quantitative estimate of drug-likeness (QED) is 0.752. The number of hydrogen-bond donors (Lipinski definition) is 3. The van der Waals surface area contributed by atoms with E-state index in [1.54, 1.807) is 12.1 Å². The second kappa shape index (κ2) is 6.23. The van der Waals surface area contributed by atoms with E-state index in [9.17, 15) is 8.42 Å². The number of benzene rings is 1. The number of aromatic nitrogens is 2. The van der Waals surface area contributed by atoms with Crippen molar-refractivity contribution in [2.45, 2.75) is 18.2 Å². The zero-order valence-electron chi connectivity index (χ0n) is 11.3. The summed E-state index contributed by atoms with van der Waals surface area (Å²) in [5.74, 6) is 0.473. The van der Waals surface area contributed by atoms with E-state index in [1.165, 1.54) is 6.07 Å². The molecule has 1 aromatic carbocycles. The van der Waals surface area contributed by atoms with Gasteiger partial charge in [-0.15, -0.1) is 0 Å². The molecule has 0 saturated heterocycles. The van der Waals surface area contributed by atoms with Crippen LogP contribution in [0.4, 0.5) is 11.5 Å². The summed E-state index contributed by atoms with van der Waals surface area (Å²) in [6.07, 6.45) is 1.99. The molecule has 2 rings (SSSR count). The van der Waals surface area contributed by atoms with Gasteiger partial charge < -0.3 is 10.5 Å². The van der Waals surface area contributed by atoms with Crippen molar-refractivity contribution in [3.63, 3.8) is 0 Å². The van der Waals surface area contributed by atoms with Crippen molar-refractivity contribution in [2.24, 2.45) is 0 Å². The van der Waals surface area contributed by atoms with E-state index in [0.717, 1.165) is 12.6 Å². The van der Waals surface area contributed by atoms with Crippen molar-refractivity contribution >= 4 is 33.1 Å². The van der Waals surface area contributed by atoms with Crippen LogP contribution in [0.2, 0.25) is 5.02 Å². The maximum absolute atomic E-state index is 12.1. The van der Waals surface area contributed by atoms with Gasteiger partial charge in [0.05, 0.1) is 23.5 Å². The number of nitrogens with zero attached hydrogens (tertiary/aromatic N) is 1. The third-order valence-corrected chi connectivity index (χ3v) is 4.27. The number of nitrogens with two attached hydrogens (primary N) is 1. The van der Waals surface area contributed by atoms with E-state index in [4.69, 9.17) is 22.1 Å². The molecule has 4 N–H and O–H groups in total. The zero-order valence-corrected chi connectivity index (χ0v) is 12.8. The summed E-state index contributed by atoms with van der Waals surface area (Å²) in [6, 6.07) is 4.64. The molecule has 0 radical (unpaired) electrons. The van der Waals surface area contributed by atoms with Gasteiger partial charge in [-0.2, -0.15) is 5.10 Å². The summed E-state index contributed by atoms with van der Waals surface area (Å²) >= 11 is 6.05. The van der Waals surface area contributed by atoms with Gasteiger partial charge in [-0.1, -0.05) is 18.5 Å². The molecule has 0 atom stereocenters. The predicted octanol–water partition coefficient (Wildman–Crippen LogP) is 2.23. The van der Waals surface area contributed by atoms with Crippen LogP contribution in [0.1, 0.15) is 13.3 Å².